The van der Waals surface area contributed by atoms with Gasteiger partial charge in [-0.05, 0) is 25.7 Å². The minimum atomic E-state index is -0.657. The molecule has 19 heavy (non-hydrogen) atoms. The average molecular weight is 263 g/mol. The molecule has 0 spiro atoms. The number of nitrogens with zero attached hydrogens (tertiary/aromatic N) is 3. The molecule has 1 fully saturated rings. The maximum atomic E-state index is 11.6. The Hall–Kier alpha value is -1.39. The summed E-state index contributed by atoms with van der Waals surface area (Å²) >= 11 is 0. The number of fused-ring (bicyclic) bond motifs is 1. The van der Waals surface area contributed by atoms with Crippen LogP contribution in [-0.2, 0) is 24.2 Å². The minimum Gasteiger partial charge on any atom is -0.481 e. The van der Waals surface area contributed by atoms with Crippen molar-refractivity contribution in [3.05, 3.63) is 11.6 Å². The average Bonchev–Trinajstić information content (AvgIpc) is 2.93. The first-order valence-electron chi connectivity index (χ1n) is 7.36. The predicted molar refractivity (Wildman–Crippen MR) is 69.8 cm³/mol. The molecule has 0 amide bonds. The Kier molecular flexibility index (Phi) is 3.29. The van der Waals surface area contributed by atoms with Crippen LogP contribution in [0.4, 0.5) is 0 Å². The monoisotopic (exact) mass is 263 g/mol. The maximum Gasteiger partial charge on any atom is 0.310 e. The van der Waals surface area contributed by atoms with E-state index in [-0.39, 0.29) is 0 Å². The number of carboxylic acid groups (broad SMARTS) is 1. The number of rotatable bonds is 3. The van der Waals surface area contributed by atoms with Gasteiger partial charge >= 0.3 is 5.97 Å². The summed E-state index contributed by atoms with van der Waals surface area (Å²) in [5.74, 6) is 1.28. The molecule has 2 aliphatic rings. The van der Waals surface area contributed by atoms with Crippen LogP contribution in [0.2, 0.25) is 0 Å². The van der Waals surface area contributed by atoms with Crippen molar-refractivity contribution in [2.24, 2.45) is 5.41 Å². The van der Waals surface area contributed by atoms with Gasteiger partial charge in [-0.15, -0.1) is 10.2 Å². The highest BCUT2D eigenvalue weighted by molar-refractivity contribution is 5.75. The van der Waals surface area contributed by atoms with Crippen LogP contribution in [0.1, 0.15) is 56.6 Å². The largest absolute Gasteiger partial charge is 0.481 e. The predicted octanol–water partition coefficient (Wildman–Crippen LogP) is 2.19. The summed E-state index contributed by atoms with van der Waals surface area (Å²) in [4.78, 5) is 11.6. The van der Waals surface area contributed by atoms with Crippen molar-refractivity contribution in [2.75, 3.05) is 0 Å². The summed E-state index contributed by atoms with van der Waals surface area (Å²) in [7, 11) is 0. The van der Waals surface area contributed by atoms with Crippen molar-refractivity contribution in [1.82, 2.24) is 14.8 Å². The molecular weight excluding hydrogens is 242 g/mol. The number of aliphatic carboxylic acids is 1. The highest BCUT2D eigenvalue weighted by atomic mass is 16.4. The second-order valence-corrected chi connectivity index (χ2v) is 5.96. The number of hydrogen-bond donors (Lipinski definition) is 1. The third kappa shape index (κ3) is 2.26. The Morgan fingerprint density at radius 2 is 1.95 bits per heavy atom. The van der Waals surface area contributed by atoms with E-state index in [1.807, 2.05) is 0 Å². The van der Waals surface area contributed by atoms with Crippen molar-refractivity contribution in [3.8, 4) is 0 Å². The first kappa shape index (κ1) is 12.6. The topological polar surface area (TPSA) is 68.0 Å². The molecule has 1 saturated carbocycles. The van der Waals surface area contributed by atoms with Crippen molar-refractivity contribution in [1.29, 1.82) is 0 Å². The zero-order valence-corrected chi connectivity index (χ0v) is 11.3. The smallest absolute Gasteiger partial charge is 0.310 e. The Morgan fingerprint density at radius 3 is 2.68 bits per heavy atom. The third-order valence-corrected chi connectivity index (χ3v) is 4.70. The minimum absolute atomic E-state index is 0.551. The molecule has 0 aromatic carbocycles. The second-order valence-electron chi connectivity index (χ2n) is 5.96. The fourth-order valence-corrected chi connectivity index (χ4v) is 3.50. The van der Waals surface area contributed by atoms with Crippen LogP contribution in [0, 0.1) is 5.41 Å². The maximum absolute atomic E-state index is 11.6. The van der Waals surface area contributed by atoms with E-state index < -0.39 is 11.4 Å². The number of aromatic nitrogens is 3. The van der Waals surface area contributed by atoms with Gasteiger partial charge in [-0.25, -0.2) is 0 Å². The van der Waals surface area contributed by atoms with Gasteiger partial charge in [0.1, 0.15) is 11.6 Å². The van der Waals surface area contributed by atoms with E-state index in [0.717, 1.165) is 56.7 Å². The number of aryl methyl sites for hydroxylation is 1. The first-order chi connectivity index (χ1) is 9.21. The molecule has 1 aromatic rings. The van der Waals surface area contributed by atoms with Crippen LogP contribution < -0.4 is 0 Å². The van der Waals surface area contributed by atoms with E-state index in [0.29, 0.717) is 6.42 Å². The lowest BCUT2D eigenvalue weighted by atomic mass is 9.82. The fraction of sp³-hybridized carbons (Fsp3) is 0.786. The quantitative estimate of drug-likeness (QED) is 0.907. The van der Waals surface area contributed by atoms with Crippen LogP contribution in [0.3, 0.4) is 0 Å². The molecule has 3 rings (SSSR count). The van der Waals surface area contributed by atoms with Gasteiger partial charge < -0.3 is 9.67 Å². The van der Waals surface area contributed by atoms with E-state index in [2.05, 4.69) is 14.8 Å². The molecule has 5 heteroatoms. The van der Waals surface area contributed by atoms with Crippen LogP contribution in [-0.4, -0.2) is 25.8 Å². The second kappa shape index (κ2) is 4.94. The summed E-state index contributed by atoms with van der Waals surface area (Å²) in [6.45, 7) is 0.952. The summed E-state index contributed by atoms with van der Waals surface area (Å²) in [6, 6.07) is 0. The Labute approximate surface area is 113 Å². The first-order valence-corrected chi connectivity index (χ1v) is 7.36. The summed E-state index contributed by atoms with van der Waals surface area (Å²) < 4.78 is 2.18. The molecule has 0 saturated heterocycles. The molecule has 0 bridgehead atoms. The molecule has 1 aliphatic heterocycles. The molecule has 104 valence electrons. The van der Waals surface area contributed by atoms with Crippen LogP contribution >= 0.6 is 0 Å². The van der Waals surface area contributed by atoms with Crippen LogP contribution in [0.15, 0.2) is 0 Å². The SMILES string of the molecule is O=C(O)C1(Cc2nnc3n2CCCCC3)CCCC1. The van der Waals surface area contributed by atoms with Gasteiger partial charge in [0.2, 0.25) is 0 Å². The van der Waals surface area contributed by atoms with Gasteiger partial charge in [0, 0.05) is 19.4 Å². The molecule has 0 unspecified atom stereocenters. The van der Waals surface area contributed by atoms with Crippen molar-refractivity contribution in [2.45, 2.75) is 64.3 Å². The van der Waals surface area contributed by atoms with E-state index in [9.17, 15) is 9.90 Å². The lowest BCUT2D eigenvalue weighted by molar-refractivity contribution is -0.148. The molecule has 1 aliphatic carbocycles. The normalized spacial score (nSPS) is 21.9. The van der Waals surface area contributed by atoms with Crippen molar-refractivity contribution in [3.63, 3.8) is 0 Å². The van der Waals surface area contributed by atoms with Gasteiger partial charge in [0.05, 0.1) is 5.41 Å². The van der Waals surface area contributed by atoms with Gasteiger partial charge in [0.15, 0.2) is 0 Å². The molecule has 0 atom stereocenters. The summed E-state index contributed by atoms with van der Waals surface area (Å²) in [6.07, 6.45) is 8.69. The van der Waals surface area contributed by atoms with E-state index in [1.54, 1.807) is 0 Å². The van der Waals surface area contributed by atoms with Crippen LogP contribution in [0.5, 0.6) is 0 Å². The molecule has 2 heterocycles. The lowest BCUT2D eigenvalue weighted by Gasteiger charge is -2.23. The number of carbonyl (C=O) groups is 1. The highest BCUT2D eigenvalue weighted by Crippen LogP contribution is 2.41. The summed E-state index contributed by atoms with van der Waals surface area (Å²) in [5, 5.41) is 18.1. The van der Waals surface area contributed by atoms with Crippen LogP contribution in [0.25, 0.3) is 0 Å². The fourth-order valence-electron chi connectivity index (χ4n) is 3.50. The zero-order chi connectivity index (χ0) is 13.3. The Balaban J connectivity index is 1.86. The van der Waals surface area contributed by atoms with Gasteiger partial charge in [-0.1, -0.05) is 19.3 Å². The lowest BCUT2D eigenvalue weighted by Crippen LogP contribution is -2.31. The molecule has 5 nitrogen and oxygen atoms in total. The number of hydrogen-bond acceptors (Lipinski definition) is 3. The number of carboxylic acids is 1. The van der Waals surface area contributed by atoms with E-state index in [4.69, 9.17) is 0 Å². The zero-order valence-electron chi connectivity index (χ0n) is 11.3. The van der Waals surface area contributed by atoms with E-state index >= 15 is 0 Å². The molecule has 0 radical (unpaired) electrons. The Bertz CT molecular complexity index is 475. The van der Waals surface area contributed by atoms with Gasteiger partial charge in [0.25, 0.3) is 0 Å². The Morgan fingerprint density at radius 1 is 1.16 bits per heavy atom. The third-order valence-electron chi connectivity index (χ3n) is 4.70. The van der Waals surface area contributed by atoms with E-state index in [1.165, 1.54) is 12.8 Å². The van der Waals surface area contributed by atoms with Gasteiger partial charge in [-0.3, -0.25) is 4.79 Å². The molecular formula is C14H21N3O2. The summed E-state index contributed by atoms with van der Waals surface area (Å²) in [5.41, 5.74) is -0.587. The van der Waals surface area contributed by atoms with Crippen molar-refractivity contribution < 1.29 is 9.90 Å². The molecule has 1 N–H and O–H groups in total. The highest BCUT2D eigenvalue weighted by Gasteiger charge is 2.42. The van der Waals surface area contributed by atoms with Gasteiger partial charge in [-0.2, -0.15) is 0 Å². The molecule has 1 aromatic heterocycles. The standard InChI is InChI=1S/C14H21N3O2/c18-13(19)14(7-3-4-8-14)10-12-16-15-11-6-2-1-5-9-17(11)12/h1-10H2,(H,18,19). The van der Waals surface area contributed by atoms with Crippen molar-refractivity contribution >= 4 is 5.97 Å².